The molecule has 4 fully saturated rings. The van der Waals surface area contributed by atoms with Gasteiger partial charge in [0.2, 0.25) is 0 Å². The average molecular weight is 989 g/mol. The number of ether oxygens (including phenoxy) is 10. The van der Waals surface area contributed by atoms with E-state index in [4.69, 9.17) is 52.2 Å². The zero-order valence-corrected chi connectivity index (χ0v) is 44.4. The number of aliphatic hydroxyl groups is 3. The monoisotopic (exact) mass is 989 g/mol. The van der Waals surface area contributed by atoms with Crippen molar-refractivity contribution in [2.24, 2.45) is 46.6 Å². The molecular weight excluding hydrogens is 901 g/mol. The third-order valence-electron chi connectivity index (χ3n) is 14.6. The second-order valence-corrected chi connectivity index (χ2v) is 21.3. The van der Waals surface area contributed by atoms with E-state index in [1.54, 1.807) is 27.7 Å². The molecule has 4 heterocycles. The number of hydrogen-bond acceptors (Lipinski definition) is 19. The van der Waals surface area contributed by atoms with Crippen LogP contribution in [0.2, 0.25) is 0 Å². The molecule has 22 atom stereocenters. The number of methoxy groups -OCH3 is 2. The summed E-state index contributed by atoms with van der Waals surface area (Å²) >= 11 is 0. The normalized spacial score (nSPS) is 43.7. The Balaban J connectivity index is 1.88. The molecule has 0 saturated carbocycles. The summed E-state index contributed by atoms with van der Waals surface area (Å²) in [6.07, 6.45) is -11.8. The fourth-order valence-corrected chi connectivity index (χ4v) is 10.7. The van der Waals surface area contributed by atoms with Crippen LogP contribution >= 0.6 is 0 Å². The topological polar surface area (TPSA) is 229 Å². The predicted octanol–water partition coefficient (Wildman–Crippen LogP) is 4.27. The van der Waals surface area contributed by atoms with Crippen LogP contribution in [0.1, 0.15) is 116 Å². The van der Waals surface area contributed by atoms with Gasteiger partial charge in [0.15, 0.2) is 24.7 Å². The second kappa shape index (κ2) is 26.0. The van der Waals surface area contributed by atoms with Gasteiger partial charge in [0.1, 0.15) is 49.3 Å². The van der Waals surface area contributed by atoms with Gasteiger partial charge in [-0.05, 0) is 66.8 Å². The van der Waals surface area contributed by atoms with Crippen LogP contribution in [0.4, 0.5) is 0 Å². The number of hydrogen-bond donors (Lipinski definition) is 3. The molecule has 0 spiro atoms. The number of likely N-dealkylation sites (N-methyl/N-ethyl adjacent to an activating group) is 1. The predicted molar refractivity (Wildman–Crippen MR) is 253 cm³/mol. The first-order chi connectivity index (χ1) is 32.3. The highest BCUT2D eigenvalue weighted by Gasteiger charge is 2.51. The molecule has 0 amide bonds. The van der Waals surface area contributed by atoms with Gasteiger partial charge in [-0.15, -0.1) is 0 Å². The van der Waals surface area contributed by atoms with E-state index in [0.717, 1.165) is 0 Å². The lowest BCUT2D eigenvalue weighted by molar-refractivity contribution is -0.305. The van der Waals surface area contributed by atoms with Crippen LogP contribution in [0, 0.1) is 41.4 Å². The molecule has 69 heavy (non-hydrogen) atoms. The molecule has 3 N–H and O–H groups in total. The van der Waals surface area contributed by atoms with E-state index in [2.05, 4.69) is 17.0 Å². The molecule has 1 unspecified atom stereocenters. The summed E-state index contributed by atoms with van der Waals surface area (Å²) in [5, 5.41) is 38.8. The lowest BCUT2D eigenvalue weighted by atomic mass is 9.74. The Morgan fingerprint density at radius 3 is 2.09 bits per heavy atom. The molecule has 0 bridgehead atoms. The lowest BCUT2D eigenvalue weighted by Gasteiger charge is -2.44. The Morgan fingerprint density at radius 1 is 0.826 bits per heavy atom. The van der Waals surface area contributed by atoms with E-state index < -0.39 is 139 Å². The van der Waals surface area contributed by atoms with Crippen molar-refractivity contribution < 1.29 is 81.9 Å². The highest BCUT2D eigenvalue weighted by atomic mass is 16.7. The van der Waals surface area contributed by atoms with Crippen molar-refractivity contribution in [1.82, 2.24) is 4.90 Å². The summed E-state index contributed by atoms with van der Waals surface area (Å²) in [6.45, 7) is 23.9. The summed E-state index contributed by atoms with van der Waals surface area (Å²) in [5.74, 6) is -6.83. The van der Waals surface area contributed by atoms with Gasteiger partial charge in [-0.2, -0.15) is 0 Å². The minimum absolute atomic E-state index is 0.0496. The number of carbonyl (C=O) groups is 3. The van der Waals surface area contributed by atoms with Crippen LogP contribution in [0.5, 0.6) is 0 Å². The highest BCUT2D eigenvalue weighted by molar-refractivity contribution is 5.90. The summed E-state index contributed by atoms with van der Waals surface area (Å²) in [4.78, 5) is 50.9. The molecule has 0 radical (unpaired) electrons. The molecule has 4 saturated heterocycles. The van der Waals surface area contributed by atoms with Gasteiger partial charge in [-0.25, -0.2) is 0 Å². The zero-order chi connectivity index (χ0) is 51.8. The van der Waals surface area contributed by atoms with Gasteiger partial charge >= 0.3 is 11.9 Å². The van der Waals surface area contributed by atoms with Crippen LogP contribution in [-0.4, -0.2) is 183 Å². The molecule has 4 rings (SSSR count). The molecule has 0 aromatic rings. The summed E-state index contributed by atoms with van der Waals surface area (Å²) < 4.78 is 63.1. The first-order valence-electron chi connectivity index (χ1n) is 25.0. The first-order valence-corrected chi connectivity index (χ1v) is 25.0. The number of rotatable bonds is 14. The largest absolute Gasteiger partial charge is 0.461 e. The van der Waals surface area contributed by atoms with Crippen molar-refractivity contribution >= 4 is 23.4 Å². The number of Topliss-reactive ketones (excluding diaryl/α,β-unsaturated/α-hetero) is 1. The fourth-order valence-electron chi connectivity index (χ4n) is 10.7. The minimum Gasteiger partial charge on any atom is -0.461 e. The van der Waals surface area contributed by atoms with Crippen molar-refractivity contribution in [1.29, 1.82) is 0 Å². The van der Waals surface area contributed by atoms with Crippen LogP contribution < -0.4 is 0 Å². The summed E-state index contributed by atoms with van der Waals surface area (Å²) in [6, 6.07) is 0.0496. The van der Waals surface area contributed by atoms with Crippen LogP contribution in [0.15, 0.2) is 5.16 Å². The molecule has 19 nitrogen and oxygen atoms in total. The second-order valence-electron chi connectivity index (χ2n) is 21.3. The SMILES string of the molecule is CO/N=C1\C[C@@H](C)O[C@@H](O[C@@H]2[C@@H](C)[C@H](O[C@H]3C[C@@H](C)N(C)C[C@H](C)O3)[C@@H](C)C(=O)O[C@H](C(C)CO[C@@H]3O[C@H](C)[C@@H](O)[C@@H](OC)[C@H]3OC)[C@H](C)[C@@H](OC(=O)CC(C)C)[C@@H](C)C(=O)[C@@](C)(O)C[C@@H]2C)[C@@H]1O. The van der Waals surface area contributed by atoms with Gasteiger partial charge in [0.25, 0.3) is 0 Å². The third kappa shape index (κ3) is 15.1. The summed E-state index contributed by atoms with van der Waals surface area (Å²) in [7, 11) is 6.33. The number of nitrogens with zero attached hydrogens (tertiary/aromatic N) is 2. The van der Waals surface area contributed by atoms with Gasteiger partial charge < -0.3 is 72.4 Å². The number of aliphatic hydroxyl groups excluding tert-OH is 2. The van der Waals surface area contributed by atoms with Gasteiger partial charge in [0.05, 0.1) is 54.7 Å². The van der Waals surface area contributed by atoms with Crippen molar-refractivity contribution in [3.05, 3.63) is 0 Å². The number of esters is 2. The molecule has 4 aliphatic heterocycles. The minimum atomic E-state index is -2.01. The Labute approximate surface area is 410 Å². The fraction of sp³-hybridized carbons (Fsp3) is 0.920. The number of carbonyl (C=O) groups excluding carboxylic acids is 3. The van der Waals surface area contributed by atoms with E-state index in [1.807, 2.05) is 55.5 Å². The molecule has 0 aromatic heterocycles. The maximum Gasteiger partial charge on any atom is 0.311 e. The number of ketones is 1. The van der Waals surface area contributed by atoms with Gasteiger partial charge in [0, 0.05) is 63.8 Å². The van der Waals surface area contributed by atoms with Crippen molar-refractivity contribution in [2.75, 3.05) is 41.5 Å². The van der Waals surface area contributed by atoms with E-state index in [9.17, 15) is 24.9 Å². The van der Waals surface area contributed by atoms with E-state index in [0.29, 0.717) is 18.7 Å². The highest BCUT2D eigenvalue weighted by Crippen LogP contribution is 2.39. The number of oxime groups is 1. The van der Waals surface area contributed by atoms with Crippen molar-refractivity contribution in [3.63, 3.8) is 0 Å². The van der Waals surface area contributed by atoms with Gasteiger partial charge in [-0.1, -0.05) is 53.6 Å². The van der Waals surface area contributed by atoms with Crippen LogP contribution in [0.25, 0.3) is 0 Å². The van der Waals surface area contributed by atoms with E-state index >= 15 is 4.79 Å². The smallest absolute Gasteiger partial charge is 0.311 e. The summed E-state index contributed by atoms with van der Waals surface area (Å²) in [5.41, 5.74) is -1.69. The Bertz CT molecular complexity index is 1670. The maximum absolute atomic E-state index is 15.1. The van der Waals surface area contributed by atoms with E-state index in [-0.39, 0.29) is 43.9 Å². The molecule has 4 aliphatic rings. The molecular formula is C50H88N2O17. The molecule has 0 aromatic carbocycles. The Morgan fingerprint density at radius 2 is 1.48 bits per heavy atom. The third-order valence-corrected chi connectivity index (χ3v) is 14.6. The van der Waals surface area contributed by atoms with Crippen LogP contribution in [0.3, 0.4) is 0 Å². The van der Waals surface area contributed by atoms with Crippen molar-refractivity contribution in [2.45, 2.75) is 213 Å². The first kappa shape index (κ1) is 59.2. The van der Waals surface area contributed by atoms with Crippen molar-refractivity contribution in [3.8, 4) is 0 Å². The molecule has 19 heteroatoms. The maximum atomic E-state index is 15.1. The Kier molecular flexibility index (Phi) is 22.3. The lowest BCUT2D eigenvalue weighted by Crippen LogP contribution is -2.59. The average Bonchev–Trinajstić information content (AvgIpc) is 3.39. The number of cyclic esters (lactones) is 1. The standard InChI is InChI=1S/C50H88N2O17/c1-24(2)18-36(53)66-42-31(9)41(26(4)23-62-49-45(60-16)44(59-15)38(54)34(12)65-49)68-47(57)33(11)43(67-37-19-27(5)52(14)22-29(7)63-37)30(8)40(25(3)21-50(13,58)46(56)32(42)10)69-48-39(55)35(51-61-17)20-28(6)64-48/h24-34,37-45,48-49,54-55,58H,18-23H2,1-17H3/b51-35+/t25-,26?,27+,28+,29-,30+,31-,32+,33+,34+,37-,38+,39+,40-,41+,42+,43-,44+,45+,48-,49+,50-/m0/s1. The molecule has 400 valence electrons. The quantitative estimate of drug-likeness (QED) is 0.163. The zero-order valence-electron chi connectivity index (χ0n) is 44.4. The van der Waals surface area contributed by atoms with E-state index in [1.165, 1.54) is 28.3 Å². The Hall–Kier alpha value is -2.40. The van der Waals surface area contributed by atoms with Gasteiger partial charge in [-0.3, -0.25) is 14.4 Å². The van der Waals surface area contributed by atoms with Crippen LogP contribution in [-0.2, 0) is 66.6 Å². The molecule has 0 aliphatic carbocycles.